The van der Waals surface area contributed by atoms with Crippen molar-refractivity contribution in [1.29, 1.82) is 5.26 Å². The van der Waals surface area contributed by atoms with Crippen LogP contribution in [0.5, 0.6) is 5.75 Å². The number of aryl methyl sites for hydroxylation is 1. The summed E-state index contributed by atoms with van der Waals surface area (Å²) in [6, 6.07) is 6.37. The van der Waals surface area contributed by atoms with E-state index in [1.54, 1.807) is 0 Å². The van der Waals surface area contributed by atoms with Crippen molar-refractivity contribution in [1.82, 2.24) is 0 Å². The number of nitrogens with zero attached hydrogens (tertiary/aromatic N) is 1. The van der Waals surface area contributed by atoms with Crippen LogP contribution in [-0.4, -0.2) is 6.61 Å². The number of ether oxygens (including phenoxy) is 1. The molecule has 0 aliphatic carbocycles. The van der Waals surface area contributed by atoms with Crippen LogP contribution in [0.3, 0.4) is 0 Å². The van der Waals surface area contributed by atoms with Gasteiger partial charge in [0.1, 0.15) is 5.75 Å². The molecule has 0 saturated carbocycles. The van der Waals surface area contributed by atoms with Crippen LogP contribution in [0.2, 0.25) is 0 Å². The van der Waals surface area contributed by atoms with Gasteiger partial charge in [-0.2, -0.15) is 5.26 Å². The lowest BCUT2D eigenvalue weighted by Crippen LogP contribution is -2.14. The molecule has 0 aliphatic rings. The van der Waals surface area contributed by atoms with E-state index in [9.17, 15) is 0 Å². The van der Waals surface area contributed by atoms with Gasteiger partial charge in [0.05, 0.1) is 18.1 Å². The molecule has 0 radical (unpaired) electrons. The third-order valence-electron chi connectivity index (χ3n) is 2.74. The molecule has 1 aromatic rings. The van der Waals surface area contributed by atoms with E-state index in [0.717, 1.165) is 33.1 Å². The van der Waals surface area contributed by atoms with Crippen LogP contribution < -0.4 is 4.74 Å². The van der Waals surface area contributed by atoms with Crippen molar-refractivity contribution in [3.63, 3.8) is 0 Å². The van der Waals surface area contributed by atoms with E-state index in [1.165, 1.54) is 0 Å². The van der Waals surface area contributed by atoms with Crippen LogP contribution in [0.1, 0.15) is 31.4 Å². The number of alkyl halides is 1. The van der Waals surface area contributed by atoms with Crippen LogP contribution in [0.15, 0.2) is 16.6 Å². The molecule has 0 aliphatic heterocycles. The second-order valence-electron chi connectivity index (χ2n) is 4.94. The largest absolute Gasteiger partial charge is 0.493 e. The van der Waals surface area contributed by atoms with Gasteiger partial charge in [0.25, 0.3) is 0 Å². The Bertz CT molecular complexity index is 464. The molecule has 0 amide bonds. The minimum atomic E-state index is -0.335. The molecule has 0 aromatic heterocycles. The van der Waals surface area contributed by atoms with E-state index < -0.39 is 0 Å². The third kappa shape index (κ3) is 4.29. The molecule has 0 N–H and O–H groups in total. The summed E-state index contributed by atoms with van der Waals surface area (Å²) in [6.07, 6.45) is 0.723. The smallest absolute Gasteiger partial charge is 0.126 e. The molecular formula is C14H17Br2NO. The second kappa shape index (κ2) is 6.58. The van der Waals surface area contributed by atoms with E-state index in [-0.39, 0.29) is 5.41 Å². The van der Waals surface area contributed by atoms with E-state index in [1.807, 2.05) is 32.9 Å². The Morgan fingerprint density at radius 3 is 2.61 bits per heavy atom. The highest BCUT2D eigenvalue weighted by atomic mass is 79.9. The summed E-state index contributed by atoms with van der Waals surface area (Å²) < 4.78 is 6.90. The zero-order chi connectivity index (χ0) is 13.8. The third-order valence-corrected chi connectivity index (χ3v) is 3.80. The quantitative estimate of drug-likeness (QED) is 0.681. The predicted octanol–water partition coefficient (Wildman–Crippen LogP) is 4.97. The van der Waals surface area contributed by atoms with Crippen molar-refractivity contribution in [2.24, 2.45) is 5.41 Å². The molecule has 2 nitrogen and oxygen atoms in total. The molecule has 0 atom stereocenters. The second-order valence-corrected chi connectivity index (χ2v) is 6.42. The minimum absolute atomic E-state index is 0.335. The van der Waals surface area contributed by atoms with Crippen molar-refractivity contribution in [2.75, 3.05) is 6.61 Å². The van der Waals surface area contributed by atoms with Gasteiger partial charge in [0, 0.05) is 15.4 Å². The average Bonchev–Trinajstić information content (AvgIpc) is 2.31. The van der Waals surface area contributed by atoms with Gasteiger partial charge in [-0.1, -0.05) is 31.9 Å². The van der Waals surface area contributed by atoms with Gasteiger partial charge in [-0.05, 0) is 44.9 Å². The average molecular weight is 375 g/mol. The maximum atomic E-state index is 8.96. The predicted molar refractivity (Wildman–Crippen MR) is 81.0 cm³/mol. The lowest BCUT2D eigenvalue weighted by atomic mass is 9.92. The molecule has 0 bridgehead atoms. The molecule has 1 aromatic carbocycles. The Labute approximate surface area is 126 Å². The zero-order valence-electron chi connectivity index (χ0n) is 10.9. The molecular weight excluding hydrogens is 358 g/mol. The summed E-state index contributed by atoms with van der Waals surface area (Å²) in [5.74, 6) is 0.920. The first-order valence-corrected chi connectivity index (χ1v) is 7.70. The SMILES string of the molecule is Cc1cc(Br)cc(CBr)c1OCCC(C)(C)C#N. The Morgan fingerprint density at radius 1 is 1.39 bits per heavy atom. The molecule has 18 heavy (non-hydrogen) atoms. The normalized spacial score (nSPS) is 11.1. The van der Waals surface area contributed by atoms with E-state index in [4.69, 9.17) is 10.00 Å². The number of hydrogen-bond donors (Lipinski definition) is 0. The summed E-state index contributed by atoms with van der Waals surface area (Å²) in [7, 11) is 0. The number of hydrogen-bond acceptors (Lipinski definition) is 2. The number of nitriles is 1. The first-order valence-electron chi connectivity index (χ1n) is 5.78. The highest BCUT2D eigenvalue weighted by molar-refractivity contribution is 9.10. The maximum Gasteiger partial charge on any atom is 0.126 e. The van der Waals surface area contributed by atoms with Crippen molar-refractivity contribution < 1.29 is 4.74 Å². The van der Waals surface area contributed by atoms with Crippen LogP contribution in [0.25, 0.3) is 0 Å². The molecule has 1 rings (SSSR count). The van der Waals surface area contributed by atoms with Gasteiger partial charge in [0.15, 0.2) is 0 Å². The summed E-state index contributed by atoms with van der Waals surface area (Å²) in [6.45, 7) is 6.44. The Morgan fingerprint density at radius 2 is 2.06 bits per heavy atom. The molecule has 4 heteroatoms. The highest BCUT2D eigenvalue weighted by Crippen LogP contribution is 2.30. The van der Waals surface area contributed by atoms with Crippen molar-refractivity contribution >= 4 is 31.9 Å². The monoisotopic (exact) mass is 373 g/mol. The Kier molecular flexibility index (Phi) is 5.68. The summed E-state index contributed by atoms with van der Waals surface area (Å²) in [5, 5.41) is 9.72. The highest BCUT2D eigenvalue weighted by Gasteiger charge is 2.17. The number of rotatable bonds is 5. The van der Waals surface area contributed by atoms with E-state index >= 15 is 0 Å². The van der Waals surface area contributed by atoms with Crippen molar-refractivity contribution in [2.45, 2.75) is 32.5 Å². The van der Waals surface area contributed by atoms with Crippen LogP contribution in [0.4, 0.5) is 0 Å². The van der Waals surface area contributed by atoms with Crippen LogP contribution in [0, 0.1) is 23.7 Å². The van der Waals surface area contributed by atoms with Crippen LogP contribution in [-0.2, 0) is 5.33 Å². The zero-order valence-corrected chi connectivity index (χ0v) is 14.1. The maximum absolute atomic E-state index is 8.96. The van der Waals surface area contributed by atoms with E-state index in [2.05, 4.69) is 37.9 Å². The molecule has 98 valence electrons. The van der Waals surface area contributed by atoms with E-state index in [0.29, 0.717) is 6.61 Å². The number of benzene rings is 1. The summed E-state index contributed by atoms with van der Waals surface area (Å²) >= 11 is 6.95. The standard InChI is InChI=1S/C14H17Br2NO/c1-10-6-12(16)7-11(8-15)13(10)18-5-4-14(2,3)9-17/h6-7H,4-5,8H2,1-3H3. The minimum Gasteiger partial charge on any atom is -0.493 e. The molecule has 0 fully saturated rings. The fraction of sp³-hybridized carbons (Fsp3) is 0.500. The summed E-state index contributed by atoms with van der Waals surface area (Å²) in [4.78, 5) is 0. The molecule has 0 spiro atoms. The molecule has 0 saturated heterocycles. The van der Waals surface area contributed by atoms with Crippen molar-refractivity contribution in [3.8, 4) is 11.8 Å². The van der Waals surface area contributed by atoms with Gasteiger partial charge >= 0.3 is 0 Å². The molecule has 0 heterocycles. The van der Waals surface area contributed by atoms with Gasteiger partial charge in [0.2, 0.25) is 0 Å². The molecule has 0 unspecified atom stereocenters. The Balaban J connectivity index is 2.77. The lowest BCUT2D eigenvalue weighted by Gasteiger charge is -2.18. The van der Waals surface area contributed by atoms with Gasteiger partial charge < -0.3 is 4.74 Å². The topological polar surface area (TPSA) is 33.0 Å². The Hall–Kier alpha value is -0.530. The lowest BCUT2D eigenvalue weighted by molar-refractivity contribution is 0.261. The first kappa shape index (κ1) is 15.5. The van der Waals surface area contributed by atoms with Crippen molar-refractivity contribution in [3.05, 3.63) is 27.7 Å². The summed E-state index contributed by atoms with van der Waals surface area (Å²) in [5.41, 5.74) is 1.89. The van der Waals surface area contributed by atoms with Gasteiger partial charge in [-0.3, -0.25) is 0 Å². The first-order chi connectivity index (χ1) is 8.39. The van der Waals surface area contributed by atoms with Gasteiger partial charge in [-0.25, -0.2) is 0 Å². The van der Waals surface area contributed by atoms with Gasteiger partial charge in [-0.15, -0.1) is 0 Å². The number of halogens is 2. The fourth-order valence-electron chi connectivity index (χ4n) is 1.57. The fourth-order valence-corrected chi connectivity index (χ4v) is 2.61. The van der Waals surface area contributed by atoms with Crippen LogP contribution >= 0.6 is 31.9 Å².